The Labute approximate surface area is 92.2 Å². The fraction of sp³-hybridized carbons (Fsp3) is 0.200. The lowest BCUT2D eigenvalue weighted by Crippen LogP contribution is -2.46. The number of nitrogens with two attached hydrogens (primary N) is 2. The van der Waals surface area contributed by atoms with Crippen molar-refractivity contribution < 1.29 is 14.7 Å². The Morgan fingerprint density at radius 1 is 1.44 bits per heavy atom. The summed E-state index contributed by atoms with van der Waals surface area (Å²) in [6.45, 7) is -0.538. The van der Waals surface area contributed by atoms with Crippen LogP contribution >= 0.6 is 0 Å². The molecule has 0 radical (unpaired) electrons. The maximum Gasteiger partial charge on any atom is 0.252 e. The van der Waals surface area contributed by atoms with E-state index in [4.69, 9.17) is 16.6 Å². The van der Waals surface area contributed by atoms with E-state index in [1.165, 1.54) is 6.07 Å². The Morgan fingerprint density at radius 3 is 2.62 bits per heavy atom. The number of aliphatic hydroxyl groups is 1. The van der Waals surface area contributed by atoms with Gasteiger partial charge in [-0.25, -0.2) is 0 Å². The summed E-state index contributed by atoms with van der Waals surface area (Å²) in [5, 5.41) is 11.1. The van der Waals surface area contributed by atoms with E-state index in [1.54, 1.807) is 18.2 Å². The summed E-state index contributed by atoms with van der Waals surface area (Å²) in [6, 6.07) is 5.16. The van der Waals surface area contributed by atoms with E-state index in [9.17, 15) is 9.59 Å². The predicted octanol–water partition coefficient (Wildman–Crippen LogP) is -1.16. The zero-order valence-corrected chi connectivity index (χ0v) is 8.51. The summed E-state index contributed by atoms with van der Waals surface area (Å²) in [6.07, 6.45) is 0. The van der Waals surface area contributed by atoms with Crippen molar-refractivity contribution in [2.24, 2.45) is 5.73 Å². The summed E-state index contributed by atoms with van der Waals surface area (Å²) < 4.78 is 0. The molecule has 2 amide bonds. The molecular weight excluding hydrogens is 210 g/mol. The molecular formula is C10H13N3O3. The number of aliphatic hydroxyl groups excluding tert-OH is 1. The fourth-order valence-corrected chi connectivity index (χ4v) is 1.13. The van der Waals surface area contributed by atoms with Crippen LogP contribution in [0.3, 0.4) is 0 Å². The number of hydrogen-bond donors (Lipinski definition) is 4. The Bertz CT molecular complexity index is 406. The summed E-state index contributed by atoms with van der Waals surface area (Å²) in [4.78, 5) is 22.4. The van der Waals surface area contributed by atoms with Crippen LogP contribution in [0.2, 0.25) is 0 Å². The van der Waals surface area contributed by atoms with E-state index < -0.39 is 24.5 Å². The number of amides is 2. The van der Waals surface area contributed by atoms with Gasteiger partial charge in [0.2, 0.25) is 5.91 Å². The molecule has 1 aromatic rings. The second-order valence-electron chi connectivity index (χ2n) is 3.24. The molecule has 1 aromatic carbocycles. The number of primary amides is 1. The SMILES string of the molecule is NC(=O)C(CO)NC(=O)c1cccc(N)c1. The molecule has 0 heterocycles. The van der Waals surface area contributed by atoms with Crippen molar-refractivity contribution in [2.45, 2.75) is 6.04 Å². The molecule has 0 aliphatic carbocycles. The van der Waals surface area contributed by atoms with Crippen LogP contribution in [0.5, 0.6) is 0 Å². The number of rotatable bonds is 4. The first-order chi connectivity index (χ1) is 7.54. The van der Waals surface area contributed by atoms with Crippen molar-refractivity contribution in [3.8, 4) is 0 Å². The van der Waals surface area contributed by atoms with Gasteiger partial charge in [-0.05, 0) is 18.2 Å². The topological polar surface area (TPSA) is 118 Å². The van der Waals surface area contributed by atoms with Gasteiger partial charge in [-0.2, -0.15) is 0 Å². The molecule has 0 aliphatic rings. The predicted molar refractivity (Wildman–Crippen MR) is 58.4 cm³/mol. The number of carbonyl (C=O) groups excluding carboxylic acids is 2. The molecule has 6 nitrogen and oxygen atoms in total. The third kappa shape index (κ3) is 2.96. The summed E-state index contributed by atoms with van der Waals surface area (Å²) in [7, 11) is 0. The van der Waals surface area contributed by atoms with Crippen molar-refractivity contribution in [3.05, 3.63) is 29.8 Å². The summed E-state index contributed by atoms with van der Waals surface area (Å²) in [5.41, 5.74) is 11.2. The van der Waals surface area contributed by atoms with Crippen molar-refractivity contribution in [1.82, 2.24) is 5.32 Å². The van der Waals surface area contributed by atoms with Gasteiger partial charge in [0.1, 0.15) is 6.04 Å². The number of carbonyl (C=O) groups is 2. The molecule has 1 unspecified atom stereocenters. The van der Waals surface area contributed by atoms with E-state index in [0.717, 1.165) is 0 Å². The lowest BCUT2D eigenvalue weighted by atomic mass is 10.1. The highest BCUT2D eigenvalue weighted by atomic mass is 16.3. The zero-order valence-electron chi connectivity index (χ0n) is 8.51. The van der Waals surface area contributed by atoms with Crippen molar-refractivity contribution in [2.75, 3.05) is 12.3 Å². The zero-order chi connectivity index (χ0) is 12.1. The molecule has 0 saturated carbocycles. The number of nitrogens with one attached hydrogen (secondary N) is 1. The van der Waals surface area contributed by atoms with Crippen LogP contribution in [0.15, 0.2) is 24.3 Å². The number of benzene rings is 1. The van der Waals surface area contributed by atoms with E-state index in [-0.39, 0.29) is 0 Å². The highest BCUT2D eigenvalue weighted by Crippen LogP contribution is 2.06. The normalized spacial score (nSPS) is 11.8. The number of hydrogen-bond acceptors (Lipinski definition) is 4. The Hall–Kier alpha value is -2.08. The van der Waals surface area contributed by atoms with Gasteiger partial charge >= 0.3 is 0 Å². The summed E-state index contributed by atoms with van der Waals surface area (Å²) >= 11 is 0. The molecule has 0 aliphatic heterocycles. The molecule has 16 heavy (non-hydrogen) atoms. The molecule has 6 heteroatoms. The van der Waals surface area contributed by atoms with E-state index in [1.807, 2.05) is 0 Å². The van der Waals surface area contributed by atoms with Crippen LogP contribution < -0.4 is 16.8 Å². The Kier molecular flexibility index (Phi) is 3.84. The maximum atomic E-state index is 11.6. The molecule has 1 atom stereocenters. The lowest BCUT2D eigenvalue weighted by Gasteiger charge is -2.12. The minimum atomic E-state index is -1.09. The number of nitrogen functional groups attached to an aromatic ring is 1. The second-order valence-corrected chi connectivity index (χ2v) is 3.24. The highest BCUT2D eigenvalue weighted by Gasteiger charge is 2.17. The standard InChI is InChI=1S/C10H13N3O3/c11-7-3-1-2-6(4-7)10(16)13-8(5-14)9(12)15/h1-4,8,14H,5,11H2,(H2,12,15)(H,13,16). The number of anilines is 1. The van der Waals surface area contributed by atoms with Gasteiger partial charge in [0.25, 0.3) is 5.91 Å². The molecule has 0 fully saturated rings. The van der Waals surface area contributed by atoms with E-state index in [2.05, 4.69) is 5.32 Å². The Balaban J connectivity index is 2.75. The minimum Gasteiger partial charge on any atom is -0.399 e. The maximum absolute atomic E-state index is 11.6. The molecule has 86 valence electrons. The molecule has 0 saturated heterocycles. The van der Waals surface area contributed by atoms with Crippen LogP contribution in [0.1, 0.15) is 10.4 Å². The highest BCUT2D eigenvalue weighted by molar-refractivity contribution is 5.97. The molecule has 1 rings (SSSR count). The van der Waals surface area contributed by atoms with Gasteiger partial charge in [-0.3, -0.25) is 9.59 Å². The first-order valence-corrected chi connectivity index (χ1v) is 4.61. The van der Waals surface area contributed by atoms with Crippen molar-refractivity contribution >= 4 is 17.5 Å². The van der Waals surface area contributed by atoms with Crippen LogP contribution in [0.25, 0.3) is 0 Å². The van der Waals surface area contributed by atoms with Crippen molar-refractivity contribution in [1.29, 1.82) is 0 Å². The third-order valence-corrected chi connectivity index (χ3v) is 1.98. The monoisotopic (exact) mass is 223 g/mol. The molecule has 0 spiro atoms. The summed E-state index contributed by atoms with van der Waals surface area (Å²) in [5.74, 6) is -1.30. The molecule has 0 bridgehead atoms. The average molecular weight is 223 g/mol. The average Bonchev–Trinajstić information content (AvgIpc) is 2.25. The largest absolute Gasteiger partial charge is 0.399 e. The third-order valence-electron chi connectivity index (χ3n) is 1.98. The molecule has 6 N–H and O–H groups in total. The van der Waals surface area contributed by atoms with Crippen LogP contribution in [0, 0.1) is 0 Å². The van der Waals surface area contributed by atoms with E-state index in [0.29, 0.717) is 11.3 Å². The first kappa shape index (κ1) is 12.0. The van der Waals surface area contributed by atoms with Gasteiger partial charge in [0.05, 0.1) is 6.61 Å². The van der Waals surface area contributed by atoms with Gasteiger partial charge < -0.3 is 21.9 Å². The van der Waals surface area contributed by atoms with Crippen LogP contribution in [-0.2, 0) is 4.79 Å². The van der Waals surface area contributed by atoms with Crippen molar-refractivity contribution in [3.63, 3.8) is 0 Å². The smallest absolute Gasteiger partial charge is 0.252 e. The Morgan fingerprint density at radius 2 is 2.12 bits per heavy atom. The minimum absolute atomic E-state index is 0.305. The second kappa shape index (κ2) is 5.13. The van der Waals surface area contributed by atoms with Gasteiger partial charge in [-0.15, -0.1) is 0 Å². The lowest BCUT2D eigenvalue weighted by molar-refractivity contribution is -0.120. The van der Waals surface area contributed by atoms with Gasteiger partial charge in [0.15, 0.2) is 0 Å². The molecule has 0 aromatic heterocycles. The van der Waals surface area contributed by atoms with Gasteiger partial charge in [-0.1, -0.05) is 6.07 Å². The fourth-order valence-electron chi connectivity index (χ4n) is 1.13. The van der Waals surface area contributed by atoms with Crippen LogP contribution in [0.4, 0.5) is 5.69 Å². The van der Waals surface area contributed by atoms with E-state index >= 15 is 0 Å². The van der Waals surface area contributed by atoms with Gasteiger partial charge in [0, 0.05) is 11.3 Å². The first-order valence-electron chi connectivity index (χ1n) is 4.61. The quantitative estimate of drug-likeness (QED) is 0.481. The van der Waals surface area contributed by atoms with Crippen LogP contribution in [-0.4, -0.2) is 29.6 Å².